The van der Waals surface area contributed by atoms with Crippen molar-refractivity contribution in [2.24, 2.45) is 0 Å². The molecule has 2 heterocycles. The van der Waals surface area contributed by atoms with Gasteiger partial charge in [0, 0.05) is 61.8 Å². The van der Waals surface area contributed by atoms with Crippen molar-refractivity contribution >= 4 is 34.8 Å². The summed E-state index contributed by atoms with van der Waals surface area (Å²) in [7, 11) is 0. The second-order valence-corrected chi connectivity index (χ2v) is 7.67. The molecule has 3 aromatic rings. The van der Waals surface area contributed by atoms with Crippen molar-refractivity contribution in [1.82, 2.24) is 14.9 Å². The van der Waals surface area contributed by atoms with Gasteiger partial charge in [0.2, 0.25) is 5.95 Å². The highest BCUT2D eigenvalue weighted by Crippen LogP contribution is 2.28. The molecule has 1 fully saturated rings. The van der Waals surface area contributed by atoms with Crippen LogP contribution in [0, 0.1) is 10.1 Å². The van der Waals surface area contributed by atoms with Gasteiger partial charge in [-0.05, 0) is 29.8 Å². The molecular weight excluding hydrogens is 432 g/mol. The molecule has 1 N–H and O–H groups in total. The molecule has 0 unspecified atom stereocenters. The predicted molar refractivity (Wildman–Crippen MR) is 122 cm³/mol. The Morgan fingerprint density at radius 1 is 1.06 bits per heavy atom. The molecule has 10 heteroatoms. The average molecular weight is 453 g/mol. The molecule has 1 aliphatic rings. The second kappa shape index (κ2) is 9.61. The van der Waals surface area contributed by atoms with Gasteiger partial charge in [-0.2, -0.15) is 0 Å². The summed E-state index contributed by atoms with van der Waals surface area (Å²) < 4.78 is 0. The molecule has 4 rings (SSSR count). The van der Waals surface area contributed by atoms with Crippen LogP contribution in [-0.2, 0) is 6.54 Å². The van der Waals surface area contributed by atoms with Crippen LogP contribution >= 0.6 is 11.6 Å². The summed E-state index contributed by atoms with van der Waals surface area (Å²) in [5, 5.41) is 15.3. The number of carbonyl (C=O) groups excluding carboxylic acids is 1. The van der Waals surface area contributed by atoms with Gasteiger partial charge < -0.3 is 15.1 Å². The van der Waals surface area contributed by atoms with Crippen LogP contribution in [0.3, 0.4) is 0 Å². The molecule has 0 aliphatic carbocycles. The van der Waals surface area contributed by atoms with E-state index in [-0.39, 0.29) is 17.2 Å². The molecule has 1 aromatic heterocycles. The Morgan fingerprint density at radius 3 is 2.47 bits per heavy atom. The molecule has 2 aromatic carbocycles. The molecule has 1 aliphatic heterocycles. The van der Waals surface area contributed by atoms with Crippen molar-refractivity contribution in [1.29, 1.82) is 0 Å². The van der Waals surface area contributed by atoms with Gasteiger partial charge in [0.05, 0.1) is 4.92 Å². The van der Waals surface area contributed by atoms with Crippen molar-refractivity contribution in [3.8, 4) is 0 Å². The lowest BCUT2D eigenvalue weighted by molar-refractivity contribution is -0.384. The Morgan fingerprint density at radius 2 is 1.78 bits per heavy atom. The fourth-order valence-corrected chi connectivity index (χ4v) is 3.75. The van der Waals surface area contributed by atoms with E-state index in [1.54, 1.807) is 41.6 Å². The van der Waals surface area contributed by atoms with Crippen molar-refractivity contribution in [2.45, 2.75) is 6.54 Å². The zero-order valence-corrected chi connectivity index (χ0v) is 17.9. The summed E-state index contributed by atoms with van der Waals surface area (Å²) in [6, 6.07) is 13.5. The molecule has 0 atom stereocenters. The summed E-state index contributed by atoms with van der Waals surface area (Å²) in [6.07, 6.45) is 3.36. The lowest BCUT2D eigenvalue weighted by Gasteiger charge is -2.34. The second-order valence-electron chi connectivity index (χ2n) is 7.26. The van der Waals surface area contributed by atoms with Gasteiger partial charge >= 0.3 is 0 Å². The van der Waals surface area contributed by atoms with Crippen molar-refractivity contribution in [3.63, 3.8) is 0 Å². The number of nitro benzene ring substituents is 1. The van der Waals surface area contributed by atoms with Crippen LogP contribution < -0.4 is 10.2 Å². The van der Waals surface area contributed by atoms with Gasteiger partial charge in [-0.15, -0.1) is 0 Å². The van der Waals surface area contributed by atoms with E-state index in [4.69, 9.17) is 11.6 Å². The number of hydrogen-bond acceptors (Lipinski definition) is 7. The predicted octanol–water partition coefficient (Wildman–Crippen LogP) is 3.61. The molecule has 0 spiro atoms. The van der Waals surface area contributed by atoms with E-state index in [1.165, 1.54) is 6.07 Å². The number of nitro groups is 1. The first-order chi connectivity index (χ1) is 15.5. The highest BCUT2D eigenvalue weighted by molar-refractivity contribution is 6.31. The van der Waals surface area contributed by atoms with Gasteiger partial charge in [-0.1, -0.05) is 29.8 Å². The van der Waals surface area contributed by atoms with E-state index < -0.39 is 4.92 Å². The van der Waals surface area contributed by atoms with E-state index in [0.717, 1.165) is 5.56 Å². The largest absolute Gasteiger partial charge is 0.375 e. The standard InChI is InChI=1S/C22H21ClN6O3/c23-18-5-2-1-4-17(18)15-26-19-7-6-16(14-20(19)29(31)32)21(30)27-10-12-28(13-11-27)22-24-8-3-9-25-22/h1-9,14,26H,10-13,15H2. The van der Waals surface area contributed by atoms with Crippen LogP contribution in [0.1, 0.15) is 15.9 Å². The smallest absolute Gasteiger partial charge is 0.293 e. The highest BCUT2D eigenvalue weighted by atomic mass is 35.5. The van der Waals surface area contributed by atoms with Gasteiger partial charge in [0.15, 0.2) is 0 Å². The first-order valence-electron chi connectivity index (χ1n) is 10.1. The highest BCUT2D eigenvalue weighted by Gasteiger charge is 2.25. The molecule has 0 bridgehead atoms. The van der Waals surface area contributed by atoms with E-state index in [1.807, 2.05) is 23.1 Å². The minimum absolute atomic E-state index is 0.153. The minimum atomic E-state index is -0.490. The van der Waals surface area contributed by atoms with Gasteiger partial charge in [0.1, 0.15) is 5.69 Å². The molecule has 1 amide bonds. The number of aromatic nitrogens is 2. The first-order valence-corrected chi connectivity index (χ1v) is 10.5. The monoisotopic (exact) mass is 452 g/mol. The molecular formula is C22H21ClN6O3. The zero-order chi connectivity index (χ0) is 22.5. The Kier molecular flexibility index (Phi) is 6.46. The molecule has 0 saturated carbocycles. The van der Waals surface area contributed by atoms with Gasteiger partial charge in [-0.25, -0.2) is 9.97 Å². The first kappa shape index (κ1) is 21.5. The van der Waals surface area contributed by atoms with Crippen molar-refractivity contribution in [3.05, 3.63) is 87.2 Å². The summed E-state index contributed by atoms with van der Waals surface area (Å²) in [4.78, 5) is 36.3. The average Bonchev–Trinajstić information content (AvgIpc) is 2.83. The van der Waals surface area contributed by atoms with Crippen LogP contribution in [0.25, 0.3) is 0 Å². The number of nitrogens with one attached hydrogen (secondary N) is 1. The number of nitrogens with zero attached hydrogens (tertiary/aromatic N) is 5. The number of halogens is 1. The third-order valence-corrected chi connectivity index (χ3v) is 5.64. The van der Waals surface area contributed by atoms with Crippen LogP contribution in [0.5, 0.6) is 0 Å². The lowest BCUT2D eigenvalue weighted by Crippen LogP contribution is -2.49. The number of hydrogen-bond donors (Lipinski definition) is 1. The van der Waals surface area contributed by atoms with Gasteiger partial charge in [0.25, 0.3) is 11.6 Å². The summed E-state index contributed by atoms with van der Waals surface area (Å²) in [6.45, 7) is 2.48. The third-order valence-electron chi connectivity index (χ3n) is 5.27. The maximum absolute atomic E-state index is 13.0. The van der Waals surface area contributed by atoms with E-state index >= 15 is 0 Å². The molecule has 32 heavy (non-hydrogen) atoms. The summed E-state index contributed by atoms with van der Waals surface area (Å²) in [5.41, 5.74) is 1.28. The Balaban J connectivity index is 1.44. The number of amides is 1. The molecule has 0 radical (unpaired) electrons. The fourth-order valence-electron chi connectivity index (χ4n) is 3.54. The van der Waals surface area contributed by atoms with Crippen LogP contribution in [-0.4, -0.2) is 51.9 Å². The maximum Gasteiger partial charge on any atom is 0.293 e. The quantitative estimate of drug-likeness (QED) is 0.450. The van der Waals surface area contributed by atoms with Crippen LogP contribution in [0.4, 0.5) is 17.3 Å². The van der Waals surface area contributed by atoms with E-state index in [0.29, 0.717) is 49.4 Å². The van der Waals surface area contributed by atoms with Gasteiger partial charge in [-0.3, -0.25) is 14.9 Å². The van der Waals surface area contributed by atoms with Crippen molar-refractivity contribution < 1.29 is 9.72 Å². The number of rotatable bonds is 6. The Hall–Kier alpha value is -3.72. The van der Waals surface area contributed by atoms with Crippen LogP contribution in [0.15, 0.2) is 60.9 Å². The Bertz CT molecular complexity index is 1120. The number of benzene rings is 2. The lowest BCUT2D eigenvalue weighted by atomic mass is 10.1. The number of piperazine rings is 1. The normalized spacial score (nSPS) is 13.7. The molecule has 1 saturated heterocycles. The maximum atomic E-state index is 13.0. The summed E-state index contributed by atoms with van der Waals surface area (Å²) in [5.74, 6) is 0.392. The Labute approximate surface area is 189 Å². The topological polar surface area (TPSA) is 104 Å². The molecule has 9 nitrogen and oxygen atoms in total. The zero-order valence-electron chi connectivity index (χ0n) is 17.1. The van der Waals surface area contributed by atoms with Crippen LogP contribution in [0.2, 0.25) is 5.02 Å². The number of anilines is 2. The van der Waals surface area contributed by atoms with Crippen molar-refractivity contribution in [2.75, 3.05) is 36.4 Å². The van der Waals surface area contributed by atoms with E-state index in [2.05, 4.69) is 15.3 Å². The molecule has 164 valence electrons. The number of carbonyl (C=O) groups is 1. The van der Waals surface area contributed by atoms with E-state index in [9.17, 15) is 14.9 Å². The summed E-state index contributed by atoms with van der Waals surface area (Å²) >= 11 is 6.16. The minimum Gasteiger partial charge on any atom is -0.375 e. The third kappa shape index (κ3) is 4.78. The fraction of sp³-hybridized carbons (Fsp3) is 0.227. The SMILES string of the molecule is O=C(c1ccc(NCc2ccccc2Cl)c([N+](=O)[O-])c1)N1CCN(c2ncccn2)CC1.